The number of rotatable bonds is 3. The molecule has 17 heavy (non-hydrogen) atoms. The van der Waals surface area contributed by atoms with E-state index >= 15 is 0 Å². The Labute approximate surface area is 105 Å². The van der Waals surface area contributed by atoms with Crippen LogP contribution in [0, 0.1) is 13.8 Å². The van der Waals surface area contributed by atoms with Crippen LogP contribution in [-0.4, -0.2) is 20.1 Å². The summed E-state index contributed by atoms with van der Waals surface area (Å²) >= 11 is 6.04. The normalized spacial score (nSPS) is 10.8. The minimum absolute atomic E-state index is 0.0276. The number of aryl methyl sites for hydroxylation is 2. The predicted octanol–water partition coefficient (Wildman–Crippen LogP) is 2.37. The highest BCUT2D eigenvalue weighted by Crippen LogP contribution is 2.19. The number of hydrogen-bond donors (Lipinski definition) is 0. The van der Waals surface area contributed by atoms with Gasteiger partial charge in [-0.3, -0.25) is 9.48 Å². The lowest BCUT2D eigenvalue weighted by Crippen LogP contribution is -2.15. The smallest absolute Gasteiger partial charge is 0.200 e. The molecule has 0 N–H and O–H groups in total. The van der Waals surface area contributed by atoms with Gasteiger partial charge in [0.05, 0.1) is 22.1 Å². The summed E-state index contributed by atoms with van der Waals surface area (Å²) in [6, 6.07) is 3.65. The third-order valence-electron chi connectivity index (χ3n) is 2.82. The number of aromatic nitrogens is 3. The van der Waals surface area contributed by atoms with Gasteiger partial charge in [-0.1, -0.05) is 11.6 Å². The number of ketones is 1. The zero-order valence-corrected chi connectivity index (χ0v) is 10.8. The van der Waals surface area contributed by atoms with Gasteiger partial charge in [0, 0.05) is 13.2 Å². The minimum Gasteiger partial charge on any atom is -0.348 e. The average molecular weight is 252 g/mol. The van der Waals surface area contributed by atoms with Crippen LogP contribution < -0.4 is 0 Å². The molecule has 2 aromatic heterocycles. The van der Waals surface area contributed by atoms with E-state index in [1.165, 1.54) is 0 Å². The summed E-state index contributed by atoms with van der Waals surface area (Å²) in [5.41, 5.74) is 2.25. The number of carbonyl (C=O) groups is 1. The maximum Gasteiger partial charge on any atom is 0.200 e. The van der Waals surface area contributed by atoms with Gasteiger partial charge in [0.2, 0.25) is 5.78 Å². The molecule has 0 unspecified atom stereocenters. The van der Waals surface area contributed by atoms with Crippen LogP contribution in [0.2, 0.25) is 5.02 Å². The molecule has 0 aliphatic carbocycles. The molecular formula is C12H14ClN3O. The van der Waals surface area contributed by atoms with E-state index in [4.69, 9.17) is 11.6 Å². The summed E-state index contributed by atoms with van der Waals surface area (Å²) in [6.07, 6.45) is 1.85. The molecule has 0 amide bonds. The first kappa shape index (κ1) is 11.9. The Morgan fingerprint density at radius 1 is 1.47 bits per heavy atom. The number of nitrogens with zero attached hydrogens (tertiary/aromatic N) is 3. The lowest BCUT2D eigenvalue weighted by Gasteiger charge is -2.04. The molecule has 0 spiro atoms. The lowest BCUT2D eigenvalue weighted by molar-refractivity contribution is 0.0959. The van der Waals surface area contributed by atoms with Crippen molar-refractivity contribution < 1.29 is 4.79 Å². The first-order valence-corrected chi connectivity index (χ1v) is 5.72. The quantitative estimate of drug-likeness (QED) is 0.786. The highest BCUT2D eigenvalue weighted by Gasteiger charge is 2.14. The molecule has 0 saturated carbocycles. The molecule has 0 aromatic carbocycles. The monoisotopic (exact) mass is 251 g/mol. The fraction of sp³-hybridized carbons (Fsp3) is 0.333. The molecule has 0 aliphatic rings. The van der Waals surface area contributed by atoms with Crippen molar-refractivity contribution in [1.82, 2.24) is 14.3 Å². The second-order valence-electron chi connectivity index (χ2n) is 4.07. The highest BCUT2D eigenvalue weighted by molar-refractivity contribution is 6.31. The number of hydrogen-bond acceptors (Lipinski definition) is 2. The predicted molar refractivity (Wildman–Crippen MR) is 66.5 cm³/mol. The molecule has 0 saturated heterocycles. The molecule has 2 aromatic rings. The van der Waals surface area contributed by atoms with Crippen LogP contribution in [0.4, 0.5) is 0 Å². The van der Waals surface area contributed by atoms with Crippen LogP contribution in [0.1, 0.15) is 21.9 Å². The van der Waals surface area contributed by atoms with E-state index in [9.17, 15) is 4.79 Å². The summed E-state index contributed by atoms with van der Waals surface area (Å²) in [7, 11) is 1.85. The minimum atomic E-state index is 0.0276. The molecule has 0 aliphatic heterocycles. The van der Waals surface area contributed by atoms with Crippen LogP contribution in [0.15, 0.2) is 18.3 Å². The summed E-state index contributed by atoms with van der Waals surface area (Å²) in [5, 5.41) is 4.87. The Morgan fingerprint density at radius 2 is 2.18 bits per heavy atom. The van der Waals surface area contributed by atoms with Crippen LogP contribution in [0.3, 0.4) is 0 Å². The van der Waals surface area contributed by atoms with E-state index in [2.05, 4.69) is 5.10 Å². The van der Waals surface area contributed by atoms with Gasteiger partial charge in [0.25, 0.3) is 0 Å². The highest BCUT2D eigenvalue weighted by atomic mass is 35.5. The summed E-state index contributed by atoms with van der Waals surface area (Å²) in [6.45, 7) is 3.91. The Balaban J connectivity index is 2.25. The van der Waals surface area contributed by atoms with Gasteiger partial charge in [0.15, 0.2) is 0 Å². The Bertz CT molecular complexity index is 568. The van der Waals surface area contributed by atoms with Crippen molar-refractivity contribution in [3.8, 4) is 0 Å². The zero-order valence-electron chi connectivity index (χ0n) is 10.1. The van der Waals surface area contributed by atoms with E-state index in [1.54, 1.807) is 15.3 Å². The summed E-state index contributed by atoms with van der Waals surface area (Å²) in [4.78, 5) is 12.0. The van der Waals surface area contributed by atoms with E-state index in [1.807, 2.05) is 33.2 Å². The molecule has 0 fully saturated rings. The van der Waals surface area contributed by atoms with Crippen molar-refractivity contribution in [2.24, 2.45) is 7.05 Å². The number of halogens is 1. The molecule has 2 rings (SSSR count). The third kappa shape index (κ3) is 2.13. The molecule has 2 heterocycles. The molecule has 0 atom stereocenters. The second kappa shape index (κ2) is 4.37. The topological polar surface area (TPSA) is 39.8 Å². The fourth-order valence-corrected chi connectivity index (χ4v) is 1.93. The summed E-state index contributed by atoms with van der Waals surface area (Å²) < 4.78 is 3.45. The molecule has 90 valence electrons. The Kier molecular flexibility index (Phi) is 3.07. The van der Waals surface area contributed by atoms with Crippen LogP contribution in [-0.2, 0) is 13.6 Å². The van der Waals surface area contributed by atoms with Crippen LogP contribution >= 0.6 is 11.6 Å². The van der Waals surface area contributed by atoms with Crippen LogP contribution in [0.25, 0.3) is 0 Å². The number of carbonyl (C=O) groups excluding carboxylic acids is 1. The average Bonchev–Trinajstić information content (AvgIpc) is 2.80. The van der Waals surface area contributed by atoms with Gasteiger partial charge < -0.3 is 4.57 Å². The standard InChI is InChI=1S/C12H14ClN3O/c1-8-12(13)9(2)16(14-8)7-11(17)10-5-4-6-15(10)3/h4-6H,7H2,1-3H3. The first-order valence-electron chi connectivity index (χ1n) is 5.34. The van der Waals surface area contributed by atoms with E-state index in [0.717, 1.165) is 11.4 Å². The summed E-state index contributed by atoms with van der Waals surface area (Å²) in [5.74, 6) is 0.0276. The van der Waals surface area contributed by atoms with Crippen molar-refractivity contribution in [2.75, 3.05) is 0 Å². The van der Waals surface area contributed by atoms with Gasteiger partial charge in [-0.15, -0.1) is 0 Å². The molecule has 4 nitrogen and oxygen atoms in total. The van der Waals surface area contributed by atoms with Crippen molar-refractivity contribution in [3.63, 3.8) is 0 Å². The maximum atomic E-state index is 12.0. The van der Waals surface area contributed by atoms with Crippen molar-refractivity contribution in [1.29, 1.82) is 0 Å². The second-order valence-corrected chi connectivity index (χ2v) is 4.45. The maximum absolute atomic E-state index is 12.0. The van der Waals surface area contributed by atoms with E-state index < -0.39 is 0 Å². The molecule has 0 radical (unpaired) electrons. The van der Waals surface area contributed by atoms with Gasteiger partial charge in [0.1, 0.15) is 6.54 Å². The molecule has 0 bridgehead atoms. The zero-order chi connectivity index (χ0) is 12.6. The SMILES string of the molecule is Cc1nn(CC(=O)c2cccn2C)c(C)c1Cl. The van der Waals surface area contributed by atoms with Gasteiger partial charge in [-0.05, 0) is 26.0 Å². The fourth-order valence-electron chi connectivity index (χ4n) is 1.80. The van der Waals surface area contributed by atoms with Crippen molar-refractivity contribution in [2.45, 2.75) is 20.4 Å². The van der Waals surface area contributed by atoms with Gasteiger partial charge >= 0.3 is 0 Å². The Hall–Kier alpha value is -1.55. The largest absolute Gasteiger partial charge is 0.348 e. The molecule has 5 heteroatoms. The van der Waals surface area contributed by atoms with Gasteiger partial charge in [-0.25, -0.2) is 0 Å². The first-order chi connectivity index (χ1) is 8.00. The van der Waals surface area contributed by atoms with Crippen molar-refractivity contribution >= 4 is 17.4 Å². The van der Waals surface area contributed by atoms with Crippen LogP contribution in [0.5, 0.6) is 0 Å². The van der Waals surface area contributed by atoms with E-state index in [0.29, 0.717) is 10.7 Å². The van der Waals surface area contributed by atoms with E-state index in [-0.39, 0.29) is 12.3 Å². The lowest BCUT2D eigenvalue weighted by atomic mass is 10.3. The van der Waals surface area contributed by atoms with Crippen molar-refractivity contribution in [3.05, 3.63) is 40.4 Å². The van der Waals surface area contributed by atoms with Gasteiger partial charge in [-0.2, -0.15) is 5.10 Å². The number of Topliss-reactive ketones (excluding diaryl/α,β-unsaturated/α-hetero) is 1. The Morgan fingerprint density at radius 3 is 2.65 bits per heavy atom. The third-order valence-corrected chi connectivity index (χ3v) is 3.36. The molecular weight excluding hydrogens is 238 g/mol.